The number of benzene rings is 2. The van der Waals surface area contributed by atoms with Gasteiger partial charge in [0.2, 0.25) is 10.0 Å². The molecule has 308 valence electrons. The molecular weight excluding hydrogens is 771 g/mol. The first-order valence-electron chi connectivity index (χ1n) is 19.2. The topological polar surface area (TPSA) is 186 Å². The number of amides is 1. The number of carbonyl (C=O) groups excluding carboxylic acids is 2. The second kappa shape index (κ2) is 16.5. The monoisotopic (exact) mass is 823 g/mol. The van der Waals surface area contributed by atoms with E-state index in [1.54, 1.807) is 31.5 Å². The van der Waals surface area contributed by atoms with Gasteiger partial charge in [-0.15, -0.1) is 0 Å². The van der Waals surface area contributed by atoms with Crippen LogP contribution in [0.2, 0.25) is 0 Å². The number of rotatable bonds is 9. The molecule has 0 saturated carbocycles. The summed E-state index contributed by atoms with van der Waals surface area (Å²) < 4.78 is 67.2. The third-order valence-electron chi connectivity index (χ3n) is 10.9. The number of carbonyl (C=O) groups is 2. The number of sulfonamides is 1. The van der Waals surface area contributed by atoms with Crippen LogP contribution in [0.25, 0.3) is 27.6 Å². The Kier molecular flexibility index (Phi) is 12.2. The fourth-order valence-corrected chi connectivity index (χ4v) is 12.4. The van der Waals surface area contributed by atoms with E-state index in [2.05, 4.69) is 34.3 Å². The first kappa shape index (κ1) is 42.3. The van der Waals surface area contributed by atoms with Crippen molar-refractivity contribution in [1.29, 1.82) is 0 Å². The number of hydrogen-bond donors (Lipinski definition) is 3. The highest BCUT2D eigenvalue weighted by atomic mass is 32.2. The van der Waals surface area contributed by atoms with Gasteiger partial charge in [0.05, 0.1) is 35.6 Å². The molecular formula is C41H53N5O9S2. The molecule has 2 fully saturated rings. The normalized spacial score (nSPS) is 22.7. The van der Waals surface area contributed by atoms with Crippen molar-refractivity contribution < 1.29 is 41.0 Å². The van der Waals surface area contributed by atoms with Crippen LogP contribution in [0.4, 0.5) is 0 Å². The van der Waals surface area contributed by atoms with Gasteiger partial charge in [-0.25, -0.2) is 27.0 Å². The minimum atomic E-state index is -4.26. The number of phenols is 1. The standard InChI is InChI=1S/C41H53N5O9S2/c1-8-31(37(42-9-2)25(4)54-7)38-33-21-41(5,6)24-55-40(49)34-12-11-15-46(43-34)39(48)35(44-57(52,53)30-22-56(50,51)23-30)18-26-16-28(19-29(47)17-26)27-13-14-36(32(33)20-27)45(38)10-3/h8-9,13-14,16-17,19-20,25,30,34-35,43-44,47H,1,10-12,15,18,21-24H2,2-7H3/b37-31+,42-9?/t25-,34-,35-/m0/s1. The van der Waals surface area contributed by atoms with E-state index in [0.29, 0.717) is 42.6 Å². The summed E-state index contributed by atoms with van der Waals surface area (Å²) in [4.78, 5) is 32.6. The van der Waals surface area contributed by atoms with Crippen molar-refractivity contribution in [2.45, 2.75) is 90.3 Å². The van der Waals surface area contributed by atoms with E-state index in [1.807, 2.05) is 39.8 Å². The van der Waals surface area contributed by atoms with Crippen LogP contribution in [0.15, 0.2) is 59.7 Å². The number of hydrazine groups is 1. The Hall–Kier alpha value is -4.35. The molecule has 1 aromatic heterocycles. The maximum Gasteiger partial charge on any atom is 0.324 e. The first-order chi connectivity index (χ1) is 26.9. The average Bonchev–Trinajstić information content (AvgIpc) is 3.45. The van der Waals surface area contributed by atoms with Gasteiger partial charge in [0.25, 0.3) is 5.91 Å². The maximum atomic E-state index is 14.2. The fraction of sp³-hybridized carbons (Fsp3) is 0.488. The van der Waals surface area contributed by atoms with Crippen molar-refractivity contribution in [3.63, 3.8) is 0 Å². The Morgan fingerprint density at radius 1 is 1.19 bits per heavy atom. The lowest BCUT2D eigenvalue weighted by molar-refractivity contribution is -0.155. The molecule has 6 bridgehead atoms. The Balaban J connectivity index is 1.55. The van der Waals surface area contributed by atoms with E-state index in [0.717, 1.165) is 33.3 Å². The van der Waals surface area contributed by atoms with Crippen LogP contribution >= 0.6 is 0 Å². The minimum Gasteiger partial charge on any atom is -0.508 e. The van der Waals surface area contributed by atoms with Gasteiger partial charge in [0.1, 0.15) is 23.1 Å². The summed E-state index contributed by atoms with van der Waals surface area (Å²) in [6.07, 6.45) is 4.31. The number of aromatic nitrogens is 1. The number of phenolic OH excluding ortho intramolecular Hbond substituents is 1. The Labute approximate surface area is 335 Å². The number of allylic oxidation sites excluding steroid dienone is 2. The molecule has 0 radical (unpaired) electrons. The van der Waals surface area contributed by atoms with E-state index in [9.17, 15) is 31.5 Å². The molecule has 3 atom stereocenters. The molecule has 3 aromatic rings. The highest BCUT2D eigenvalue weighted by molar-refractivity contribution is 7.98. The van der Waals surface area contributed by atoms with E-state index >= 15 is 0 Å². The molecule has 1 amide bonds. The molecule has 2 aromatic carbocycles. The zero-order valence-electron chi connectivity index (χ0n) is 33.4. The van der Waals surface area contributed by atoms with Gasteiger partial charge in [-0.1, -0.05) is 38.6 Å². The highest BCUT2D eigenvalue weighted by Crippen LogP contribution is 2.40. The van der Waals surface area contributed by atoms with Crippen LogP contribution in [0.1, 0.15) is 64.3 Å². The lowest BCUT2D eigenvalue weighted by Crippen LogP contribution is -2.62. The molecule has 3 N–H and O–H groups in total. The van der Waals surface area contributed by atoms with E-state index in [1.165, 1.54) is 11.1 Å². The summed E-state index contributed by atoms with van der Waals surface area (Å²) >= 11 is 0. The van der Waals surface area contributed by atoms with E-state index in [4.69, 9.17) is 14.5 Å². The van der Waals surface area contributed by atoms with Crippen molar-refractivity contribution in [2.75, 3.05) is 31.8 Å². The van der Waals surface area contributed by atoms with Crippen LogP contribution < -0.4 is 10.1 Å². The number of aliphatic imine (C=N–C) groups is 1. The zero-order valence-corrected chi connectivity index (χ0v) is 35.0. The molecule has 3 aliphatic rings. The fourth-order valence-electron chi connectivity index (χ4n) is 7.95. The van der Waals surface area contributed by atoms with Crippen LogP contribution in [0.5, 0.6) is 5.75 Å². The zero-order chi connectivity index (χ0) is 41.4. The van der Waals surface area contributed by atoms with Gasteiger partial charge in [-0.3, -0.25) is 19.6 Å². The molecule has 14 nitrogen and oxygen atoms in total. The predicted octanol–water partition coefficient (Wildman–Crippen LogP) is 4.31. The number of esters is 1. The van der Waals surface area contributed by atoms with Crippen molar-refractivity contribution in [2.24, 2.45) is 10.4 Å². The lowest BCUT2D eigenvalue weighted by Gasteiger charge is -2.36. The number of aryl methyl sites for hydroxylation is 1. The molecule has 2 saturated heterocycles. The van der Waals surface area contributed by atoms with Crippen molar-refractivity contribution in [3.8, 4) is 16.9 Å². The van der Waals surface area contributed by atoms with Crippen LogP contribution in [-0.4, -0.2) is 105 Å². The summed E-state index contributed by atoms with van der Waals surface area (Å²) in [5.41, 5.74) is 8.59. The summed E-state index contributed by atoms with van der Waals surface area (Å²) in [7, 11) is -6.12. The predicted molar refractivity (Wildman–Crippen MR) is 221 cm³/mol. The van der Waals surface area contributed by atoms with Crippen molar-refractivity contribution >= 4 is 54.4 Å². The first-order valence-corrected chi connectivity index (χ1v) is 22.6. The van der Waals surface area contributed by atoms with Gasteiger partial charge in [-0.05, 0) is 93.0 Å². The molecule has 16 heteroatoms. The second-order valence-corrected chi connectivity index (χ2v) is 20.0. The molecule has 0 spiro atoms. The summed E-state index contributed by atoms with van der Waals surface area (Å²) in [6, 6.07) is 8.65. The SMILES string of the molecule is C=C/C(=C(\N=CC)[C@H](C)OC)c1c2c3cc(ccc3n1CC)-c1cc(O)cc(c1)C[C@H](NS(=O)(=O)C1CS(=O)(=O)C1)C(=O)N1CCC[C@H](N1)C(=O)OCC(C)(C)C2. The number of nitrogens with zero attached hydrogens (tertiary/aromatic N) is 3. The van der Waals surface area contributed by atoms with Crippen LogP contribution in [0, 0.1) is 5.41 Å². The number of nitrogens with one attached hydrogen (secondary N) is 2. The number of ether oxygens (including phenoxy) is 2. The molecule has 57 heavy (non-hydrogen) atoms. The summed E-state index contributed by atoms with van der Waals surface area (Å²) in [5.74, 6) is -2.36. The molecule has 0 aliphatic carbocycles. The number of sulfone groups is 1. The summed E-state index contributed by atoms with van der Waals surface area (Å²) in [5, 5.41) is 12.0. The average molecular weight is 824 g/mol. The van der Waals surface area contributed by atoms with Crippen molar-refractivity contribution in [1.82, 2.24) is 19.7 Å². The van der Waals surface area contributed by atoms with Gasteiger partial charge >= 0.3 is 5.97 Å². The van der Waals surface area contributed by atoms with Crippen LogP contribution in [-0.2, 0) is 58.3 Å². The number of methoxy groups -OCH3 is 1. The third kappa shape index (κ3) is 8.89. The lowest BCUT2D eigenvalue weighted by atomic mass is 9.84. The molecule has 4 heterocycles. The Morgan fingerprint density at radius 2 is 1.93 bits per heavy atom. The largest absolute Gasteiger partial charge is 0.508 e. The van der Waals surface area contributed by atoms with Gasteiger partial charge < -0.3 is 19.1 Å². The smallest absolute Gasteiger partial charge is 0.324 e. The van der Waals surface area contributed by atoms with Crippen LogP contribution in [0.3, 0.4) is 0 Å². The Bertz CT molecular complexity index is 2350. The van der Waals surface area contributed by atoms with E-state index in [-0.39, 0.29) is 31.4 Å². The molecule has 6 rings (SSSR count). The van der Waals surface area contributed by atoms with Crippen molar-refractivity contribution in [3.05, 3.63) is 71.6 Å². The molecule has 0 unspecified atom stereocenters. The highest BCUT2D eigenvalue weighted by Gasteiger charge is 2.45. The van der Waals surface area contributed by atoms with Gasteiger partial charge in [0, 0.05) is 48.3 Å². The third-order valence-corrected chi connectivity index (χ3v) is 15.0. The number of cyclic esters (lactones) is 1. The number of hydrogen-bond acceptors (Lipinski definition) is 11. The quantitative estimate of drug-likeness (QED) is 0.160. The van der Waals surface area contributed by atoms with E-state index < -0.39 is 66.0 Å². The Morgan fingerprint density at radius 3 is 2.58 bits per heavy atom. The second-order valence-electron chi connectivity index (χ2n) is 15.8. The van der Waals surface area contributed by atoms with Gasteiger partial charge in [0.15, 0.2) is 9.84 Å². The maximum absolute atomic E-state index is 14.2. The number of fused-ring (bicyclic) bond motifs is 6. The molecule has 3 aliphatic heterocycles. The van der Waals surface area contributed by atoms with Gasteiger partial charge in [-0.2, -0.15) is 0 Å². The number of aromatic hydroxyl groups is 1. The summed E-state index contributed by atoms with van der Waals surface area (Å²) in [6.45, 7) is 15.0. The minimum absolute atomic E-state index is 0.0557.